The fraction of sp³-hybridized carbons (Fsp3) is 0.538. The zero-order valence-corrected chi connectivity index (χ0v) is 10.9. The number of hydrogen-bond donors (Lipinski definition) is 2. The van der Waals surface area contributed by atoms with Gasteiger partial charge in [0.15, 0.2) is 0 Å². The monoisotopic (exact) mass is 246 g/mol. The molecule has 1 aliphatic rings. The van der Waals surface area contributed by atoms with Crippen LogP contribution in [0.3, 0.4) is 0 Å². The fourth-order valence-electron chi connectivity index (χ4n) is 2.63. The summed E-state index contributed by atoms with van der Waals surface area (Å²) in [6, 6.07) is 2.19. The molecule has 0 saturated carbocycles. The van der Waals surface area contributed by atoms with Crippen LogP contribution in [-0.4, -0.2) is 10.2 Å². The van der Waals surface area contributed by atoms with Crippen LogP contribution in [0.4, 0.5) is 0 Å². The second-order valence-electron chi connectivity index (χ2n) is 4.80. The lowest BCUT2D eigenvalue weighted by atomic mass is 9.79. The van der Waals surface area contributed by atoms with Gasteiger partial charge in [-0.25, -0.2) is 0 Å². The van der Waals surface area contributed by atoms with E-state index in [2.05, 4.69) is 30.1 Å². The molecule has 0 spiro atoms. The van der Waals surface area contributed by atoms with Gasteiger partial charge in [-0.2, -0.15) is 5.26 Å². The molecule has 5 heteroatoms. The van der Waals surface area contributed by atoms with E-state index in [1.807, 2.05) is 6.92 Å². The fourth-order valence-corrected chi connectivity index (χ4v) is 2.63. The van der Waals surface area contributed by atoms with Crippen LogP contribution >= 0.6 is 0 Å². The van der Waals surface area contributed by atoms with Crippen molar-refractivity contribution in [2.45, 2.75) is 39.5 Å². The average Bonchev–Trinajstić information content (AvgIpc) is 2.69. The number of allylic oxidation sites excluding steroid dienone is 1. The second kappa shape index (κ2) is 4.73. The number of nitrogens with two attached hydrogens (primary N) is 1. The lowest BCUT2D eigenvalue weighted by Gasteiger charge is -2.27. The van der Waals surface area contributed by atoms with Crippen molar-refractivity contribution in [3.8, 4) is 11.9 Å². The van der Waals surface area contributed by atoms with Crippen molar-refractivity contribution >= 4 is 0 Å². The topological polar surface area (TPSA) is 87.7 Å². The van der Waals surface area contributed by atoms with Gasteiger partial charge in [-0.1, -0.05) is 26.7 Å². The van der Waals surface area contributed by atoms with Gasteiger partial charge in [0.1, 0.15) is 6.07 Å². The Balaban J connectivity index is 2.51. The molecule has 0 aliphatic carbocycles. The first kappa shape index (κ1) is 12.5. The molecular weight excluding hydrogens is 228 g/mol. The highest BCUT2D eigenvalue weighted by molar-refractivity contribution is 5.49. The first-order valence-corrected chi connectivity index (χ1v) is 6.22. The van der Waals surface area contributed by atoms with Gasteiger partial charge in [0.25, 0.3) is 0 Å². The maximum atomic E-state index is 9.30. The summed E-state index contributed by atoms with van der Waals surface area (Å²) in [5, 5.41) is 16.3. The van der Waals surface area contributed by atoms with Gasteiger partial charge in [0, 0.05) is 17.2 Å². The van der Waals surface area contributed by atoms with Gasteiger partial charge < -0.3 is 10.5 Å². The lowest BCUT2D eigenvalue weighted by molar-refractivity contribution is 0.349. The number of H-pyrrole nitrogens is 1. The van der Waals surface area contributed by atoms with E-state index in [1.54, 1.807) is 0 Å². The number of aromatic amines is 1. The normalized spacial score (nSPS) is 20.0. The largest absolute Gasteiger partial charge is 0.420 e. The highest BCUT2D eigenvalue weighted by Gasteiger charge is 2.35. The minimum absolute atomic E-state index is 0.0163. The molecule has 5 nitrogen and oxygen atoms in total. The van der Waals surface area contributed by atoms with Crippen molar-refractivity contribution in [2.24, 2.45) is 11.7 Å². The first-order valence-electron chi connectivity index (χ1n) is 6.22. The molecule has 1 aromatic heterocycles. The third-order valence-corrected chi connectivity index (χ3v) is 3.49. The zero-order chi connectivity index (χ0) is 13.3. The Hall–Kier alpha value is -1.96. The molecule has 0 saturated heterocycles. The number of nitrogens with zero attached hydrogens (tertiary/aromatic N) is 2. The number of aryl methyl sites for hydroxylation is 1. The van der Waals surface area contributed by atoms with E-state index in [4.69, 9.17) is 10.5 Å². The number of hydrogen-bond acceptors (Lipinski definition) is 4. The molecule has 96 valence electrons. The number of fused-ring (bicyclic) bond motifs is 1. The van der Waals surface area contributed by atoms with Gasteiger partial charge in [-0.05, 0) is 12.8 Å². The van der Waals surface area contributed by atoms with Crippen LogP contribution in [0.2, 0.25) is 0 Å². The zero-order valence-electron chi connectivity index (χ0n) is 10.9. The minimum Gasteiger partial charge on any atom is -0.420 e. The van der Waals surface area contributed by atoms with Crippen LogP contribution in [0, 0.1) is 24.2 Å². The molecule has 0 amide bonds. The molecule has 1 aliphatic heterocycles. The van der Waals surface area contributed by atoms with Crippen molar-refractivity contribution < 1.29 is 4.74 Å². The Kier molecular flexibility index (Phi) is 3.28. The molecule has 0 radical (unpaired) electrons. The van der Waals surface area contributed by atoms with Gasteiger partial charge in [0.05, 0.1) is 5.57 Å². The third-order valence-electron chi connectivity index (χ3n) is 3.49. The molecule has 2 atom stereocenters. The smallest absolute Gasteiger partial charge is 0.243 e. The lowest BCUT2D eigenvalue weighted by Crippen LogP contribution is -2.24. The Labute approximate surface area is 107 Å². The summed E-state index contributed by atoms with van der Waals surface area (Å²) in [6.07, 6.45) is 2.11. The molecule has 18 heavy (non-hydrogen) atoms. The maximum Gasteiger partial charge on any atom is 0.243 e. The summed E-state index contributed by atoms with van der Waals surface area (Å²) < 4.78 is 5.41. The van der Waals surface area contributed by atoms with Crippen molar-refractivity contribution in [3.63, 3.8) is 0 Å². The van der Waals surface area contributed by atoms with Gasteiger partial charge in [-0.15, -0.1) is 5.10 Å². The highest BCUT2D eigenvalue weighted by atomic mass is 16.5. The van der Waals surface area contributed by atoms with Crippen molar-refractivity contribution in [1.29, 1.82) is 5.26 Å². The maximum absolute atomic E-state index is 9.30. The van der Waals surface area contributed by atoms with E-state index >= 15 is 0 Å². The molecule has 0 unspecified atom stereocenters. The summed E-state index contributed by atoms with van der Waals surface area (Å²) in [5.41, 5.74) is 8.26. The third kappa shape index (κ3) is 1.84. The molecule has 2 heterocycles. The molecule has 3 N–H and O–H groups in total. The first-order chi connectivity index (χ1) is 8.60. The Bertz CT molecular complexity index is 524. The van der Waals surface area contributed by atoms with Crippen LogP contribution < -0.4 is 10.5 Å². The molecule has 0 fully saturated rings. The Morgan fingerprint density at radius 2 is 2.33 bits per heavy atom. The van der Waals surface area contributed by atoms with E-state index in [9.17, 15) is 5.26 Å². The van der Waals surface area contributed by atoms with Gasteiger partial charge >= 0.3 is 0 Å². The predicted molar refractivity (Wildman–Crippen MR) is 67.6 cm³/mol. The van der Waals surface area contributed by atoms with E-state index in [-0.39, 0.29) is 11.8 Å². The van der Waals surface area contributed by atoms with Crippen molar-refractivity contribution in [2.75, 3.05) is 0 Å². The van der Waals surface area contributed by atoms with E-state index in [0.717, 1.165) is 24.1 Å². The summed E-state index contributed by atoms with van der Waals surface area (Å²) in [6.45, 7) is 6.22. The van der Waals surface area contributed by atoms with Crippen LogP contribution in [0.1, 0.15) is 43.9 Å². The quantitative estimate of drug-likeness (QED) is 0.856. The van der Waals surface area contributed by atoms with E-state index in [0.29, 0.717) is 17.4 Å². The van der Waals surface area contributed by atoms with E-state index in [1.165, 1.54) is 0 Å². The second-order valence-corrected chi connectivity index (χ2v) is 4.80. The summed E-state index contributed by atoms with van der Waals surface area (Å²) in [4.78, 5) is 0. The van der Waals surface area contributed by atoms with Crippen LogP contribution in [0.15, 0.2) is 11.5 Å². The Morgan fingerprint density at radius 3 is 2.94 bits per heavy atom. The van der Waals surface area contributed by atoms with E-state index < -0.39 is 0 Å². The number of nitriles is 1. The number of ether oxygens (including phenoxy) is 1. The van der Waals surface area contributed by atoms with Crippen LogP contribution in [-0.2, 0) is 0 Å². The molecule has 2 rings (SSSR count). The SMILES string of the molecule is CCC[C@@H](C)[C@H]1C(C#N)=C(N)Oc2n[nH]c(C)c21. The number of rotatable bonds is 3. The number of aromatic nitrogens is 2. The summed E-state index contributed by atoms with van der Waals surface area (Å²) >= 11 is 0. The van der Waals surface area contributed by atoms with Gasteiger partial charge in [-0.3, -0.25) is 5.10 Å². The standard InChI is InChI=1S/C13H18N4O/c1-4-5-7(2)10-9(6-14)12(15)18-13-11(10)8(3)16-17-13/h7,10H,4-5,15H2,1-3H3,(H,16,17)/t7-,10+/m1/s1. The molecule has 1 aromatic rings. The highest BCUT2D eigenvalue weighted by Crippen LogP contribution is 2.43. The minimum atomic E-state index is -0.0163. The van der Waals surface area contributed by atoms with Gasteiger partial charge in [0.2, 0.25) is 11.8 Å². The van der Waals surface area contributed by atoms with Crippen molar-refractivity contribution in [1.82, 2.24) is 10.2 Å². The molecule has 0 aromatic carbocycles. The molecule has 0 bridgehead atoms. The van der Waals surface area contributed by atoms with Crippen molar-refractivity contribution in [3.05, 3.63) is 22.7 Å². The summed E-state index contributed by atoms with van der Waals surface area (Å²) in [7, 11) is 0. The predicted octanol–water partition coefficient (Wildman–Crippen LogP) is 2.32. The van der Waals surface area contributed by atoms with Crippen LogP contribution in [0.5, 0.6) is 5.88 Å². The number of nitrogens with one attached hydrogen (secondary N) is 1. The van der Waals surface area contributed by atoms with Crippen LogP contribution in [0.25, 0.3) is 0 Å². The Morgan fingerprint density at radius 1 is 1.61 bits per heavy atom. The average molecular weight is 246 g/mol. The molecular formula is C13H18N4O. The summed E-state index contributed by atoms with van der Waals surface area (Å²) in [5.74, 6) is 1.01.